The third-order valence-corrected chi connectivity index (χ3v) is 9.26. The van der Waals surface area contributed by atoms with Crippen LogP contribution < -0.4 is 5.11 Å². The van der Waals surface area contributed by atoms with E-state index >= 15 is 0 Å². The molecule has 1 aromatic rings. The minimum atomic E-state index is -1.00. The molecule has 0 saturated carbocycles. The van der Waals surface area contributed by atoms with Gasteiger partial charge in [-0.2, -0.15) is 0 Å². The molecule has 0 atom stereocenters. The van der Waals surface area contributed by atoms with Gasteiger partial charge >= 0.3 is 5.97 Å². The van der Waals surface area contributed by atoms with Gasteiger partial charge in [0.1, 0.15) is 0 Å². The fourth-order valence-electron chi connectivity index (χ4n) is 5.74. The topological polar surface area (TPSA) is 60.4 Å². The molecule has 0 amide bonds. The number of allylic oxidation sites excluding steroid dienone is 16. The van der Waals surface area contributed by atoms with E-state index < -0.39 is 5.97 Å². The van der Waals surface area contributed by atoms with E-state index in [9.17, 15) is 15.0 Å². The van der Waals surface area contributed by atoms with Gasteiger partial charge in [-0.3, -0.25) is 0 Å². The Kier molecular flexibility index (Phi) is 23.3. The predicted octanol–water partition coefficient (Wildman–Crippen LogP) is 14.1. The average molecular weight is 682 g/mol. The summed E-state index contributed by atoms with van der Waals surface area (Å²) in [6.45, 7) is 20.0. The normalized spacial score (nSPS) is 14.0. The second kappa shape index (κ2) is 26.3. The maximum atomic E-state index is 12.1. The fraction of sp³-hybridized carbons (Fsp3) is 0.511. The highest BCUT2D eigenvalue weighted by atomic mass is 16.4. The molecule has 276 valence electrons. The van der Waals surface area contributed by atoms with Crippen LogP contribution in [0.4, 0.5) is 0 Å². The van der Waals surface area contributed by atoms with E-state index in [0.717, 1.165) is 77.0 Å². The molecule has 0 aliphatic heterocycles. The Morgan fingerprint density at radius 1 is 0.500 bits per heavy atom. The molecule has 0 spiro atoms. The van der Waals surface area contributed by atoms with Gasteiger partial charge in [-0.15, -0.1) is 5.75 Å². The Labute approximate surface area is 307 Å². The van der Waals surface area contributed by atoms with Crippen molar-refractivity contribution in [1.29, 1.82) is 0 Å². The molecule has 1 N–H and O–H groups in total. The minimum Gasteiger partial charge on any atom is -0.872 e. The molecule has 0 fully saturated rings. The summed E-state index contributed by atoms with van der Waals surface area (Å²) in [7, 11) is 0. The second-order valence-corrected chi connectivity index (χ2v) is 14.7. The maximum Gasteiger partial charge on any atom is 0.335 e. The molecule has 0 aliphatic carbocycles. The lowest BCUT2D eigenvalue weighted by molar-refractivity contribution is -0.269. The predicted molar refractivity (Wildman–Crippen MR) is 217 cm³/mol. The van der Waals surface area contributed by atoms with Crippen molar-refractivity contribution in [3.63, 3.8) is 0 Å². The molecule has 0 aliphatic rings. The van der Waals surface area contributed by atoms with Crippen LogP contribution in [0, 0.1) is 0 Å². The first-order valence-electron chi connectivity index (χ1n) is 19.0. The number of carboxylic acids is 1. The molecule has 0 saturated heterocycles. The highest BCUT2D eigenvalue weighted by Gasteiger charge is 2.04. The molecule has 1 rings (SSSR count). The molecule has 3 nitrogen and oxygen atoms in total. The summed E-state index contributed by atoms with van der Waals surface area (Å²) < 4.78 is 0. The smallest absolute Gasteiger partial charge is 0.335 e. The first-order valence-corrected chi connectivity index (χ1v) is 19.0. The summed E-state index contributed by atoms with van der Waals surface area (Å²) in [5.41, 5.74) is 12.2. The van der Waals surface area contributed by atoms with Crippen LogP contribution in [0.2, 0.25) is 0 Å². The van der Waals surface area contributed by atoms with Crippen LogP contribution in [0.3, 0.4) is 0 Å². The van der Waals surface area contributed by atoms with Crippen molar-refractivity contribution in [2.24, 2.45) is 0 Å². The van der Waals surface area contributed by atoms with Crippen LogP contribution >= 0.6 is 0 Å². The SMILES string of the molecule is CC(C)=CCC/C(C)=C/CC/C(C)=C/CC/C(C)=C/CC/C(C)=C/CC/C(C)=C/CC/C(C)=C/CC/C(C)=C/Cc1cc(C(=O)O)ccc1[O-]. The summed E-state index contributed by atoms with van der Waals surface area (Å²) in [4.78, 5) is 11.2. The van der Waals surface area contributed by atoms with Crippen molar-refractivity contribution in [2.75, 3.05) is 0 Å². The van der Waals surface area contributed by atoms with E-state index in [1.54, 1.807) is 0 Å². The van der Waals surface area contributed by atoms with E-state index in [-0.39, 0.29) is 11.3 Å². The van der Waals surface area contributed by atoms with Crippen molar-refractivity contribution >= 4 is 5.97 Å². The molecule has 0 aromatic heterocycles. The number of hydrogen-bond acceptors (Lipinski definition) is 2. The summed E-state index contributed by atoms with van der Waals surface area (Å²) in [5, 5.41) is 21.2. The number of hydrogen-bond donors (Lipinski definition) is 1. The summed E-state index contributed by atoms with van der Waals surface area (Å²) in [6, 6.07) is 4.20. The third kappa shape index (κ3) is 22.9. The average Bonchev–Trinajstić information content (AvgIpc) is 3.04. The van der Waals surface area contributed by atoms with Crippen LogP contribution in [0.5, 0.6) is 5.75 Å². The van der Waals surface area contributed by atoms with Crippen molar-refractivity contribution in [3.05, 3.63) is 123 Å². The van der Waals surface area contributed by atoms with Crippen LogP contribution in [0.15, 0.2) is 111 Å². The summed E-state index contributed by atoms with van der Waals surface area (Å²) >= 11 is 0. The first-order chi connectivity index (χ1) is 23.8. The van der Waals surface area contributed by atoms with Gasteiger partial charge < -0.3 is 10.2 Å². The van der Waals surface area contributed by atoms with E-state index in [4.69, 9.17) is 0 Å². The summed E-state index contributed by atoms with van der Waals surface area (Å²) in [5.74, 6) is -1.11. The molecular formula is C47H69O3-. The summed E-state index contributed by atoms with van der Waals surface area (Å²) in [6.07, 6.45) is 34.8. The van der Waals surface area contributed by atoms with E-state index in [1.165, 1.54) is 75.6 Å². The monoisotopic (exact) mass is 682 g/mol. The standard InChI is InChI=1S/C47H70O3/c1-36(2)17-10-18-37(3)19-11-20-38(4)21-12-22-39(5)23-13-24-40(6)25-14-26-41(7)27-15-28-42(8)29-16-30-43(9)31-32-44-35-45(47(49)50)33-34-46(44)48/h17,19,21,23,25,27,29,31,33-35,48H,10-16,18,20,22,24,26,28,30,32H2,1-9H3,(H,49,50)/p-1/b37-19+,38-21+,39-23+,40-25+,41-27+,42-29+,43-31+. The van der Waals surface area contributed by atoms with Crippen LogP contribution in [0.1, 0.15) is 168 Å². The number of carboxylic acid groups (broad SMARTS) is 1. The maximum absolute atomic E-state index is 12.1. The molecule has 0 unspecified atom stereocenters. The highest BCUT2D eigenvalue weighted by molar-refractivity contribution is 5.88. The Bertz CT molecular complexity index is 1430. The molecule has 0 bridgehead atoms. The van der Waals surface area contributed by atoms with Gasteiger partial charge in [0.05, 0.1) is 5.56 Å². The van der Waals surface area contributed by atoms with Gasteiger partial charge in [0, 0.05) is 0 Å². The number of benzene rings is 1. The van der Waals surface area contributed by atoms with Gasteiger partial charge in [0.25, 0.3) is 0 Å². The van der Waals surface area contributed by atoms with Crippen molar-refractivity contribution in [2.45, 2.75) is 159 Å². The lowest BCUT2D eigenvalue weighted by Crippen LogP contribution is -2.01. The molecule has 0 radical (unpaired) electrons. The highest BCUT2D eigenvalue weighted by Crippen LogP contribution is 2.20. The Hall–Kier alpha value is -3.59. The Morgan fingerprint density at radius 3 is 1.10 bits per heavy atom. The molecule has 50 heavy (non-hydrogen) atoms. The number of aromatic carboxylic acids is 1. The van der Waals surface area contributed by atoms with Crippen molar-refractivity contribution in [3.8, 4) is 5.75 Å². The quantitative estimate of drug-likeness (QED) is 0.110. The van der Waals surface area contributed by atoms with Crippen LogP contribution in [-0.4, -0.2) is 11.1 Å². The zero-order valence-corrected chi connectivity index (χ0v) is 33.2. The zero-order chi connectivity index (χ0) is 37.3. The minimum absolute atomic E-state index is 0.108. The third-order valence-electron chi connectivity index (χ3n) is 9.26. The van der Waals surface area contributed by atoms with E-state index in [1.807, 2.05) is 6.08 Å². The lowest BCUT2D eigenvalue weighted by atomic mass is 10.0. The molecule has 1 aromatic carbocycles. The zero-order valence-electron chi connectivity index (χ0n) is 33.2. The van der Waals surface area contributed by atoms with Gasteiger partial charge in [-0.25, -0.2) is 4.79 Å². The van der Waals surface area contributed by atoms with Gasteiger partial charge in [-0.05, 0) is 171 Å². The van der Waals surface area contributed by atoms with Gasteiger partial charge in [-0.1, -0.05) is 105 Å². The van der Waals surface area contributed by atoms with Crippen molar-refractivity contribution in [1.82, 2.24) is 0 Å². The lowest BCUT2D eigenvalue weighted by Gasteiger charge is -2.13. The second-order valence-electron chi connectivity index (χ2n) is 14.7. The Balaban J connectivity index is 2.28. The first kappa shape index (κ1) is 44.4. The van der Waals surface area contributed by atoms with Crippen LogP contribution in [0.25, 0.3) is 0 Å². The van der Waals surface area contributed by atoms with Gasteiger partial charge in [0.2, 0.25) is 0 Å². The number of carbonyl (C=O) groups is 1. The van der Waals surface area contributed by atoms with Gasteiger partial charge in [0.15, 0.2) is 0 Å². The fourth-order valence-corrected chi connectivity index (χ4v) is 5.74. The molecule has 3 heteroatoms. The largest absolute Gasteiger partial charge is 0.872 e. The molecule has 0 heterocycles. The molecular weight excluding hydrogens is 613 g/mol. The Morgan fingerprint density at radius 2 is 0.800 bits per heavy atom. The van der Waals surface area contributed by atoms with E-state index in [2.05, 4.69) is 105 Å². The van der Waals surface area contributed by atoms with Crippen molar-refractivity contribution < 1.29 is 15.0 Å². The van der Waals surface area contributed by atoms with E-state index in [0.29, 0.717) is 12.0 Å². The van der Waals surface area contributed by atoms with Crippen LogP contribution in [-0.2, 0) is 6.42 Å². The number of rotatable bonds is 24.